The van der Waals surface area contributed by atoms with Crippen LogP contribution in [0.25, 0.3) is 99.2 Å². The van der Waals surface area contributed by atoms with Crippen LogP contribution in [0.3, 0.4) is 0 Å². The number of hydrogen-bond donors (Lipinski definition) is 6. The molecule has 2 atom stereocenters. The van der Waals surface area contributed by atoms with Crippen LogP contribution in [0.15, 0.2) is 110 Å². The third-order valence-corrected chi connectivity index (χ3v) is 27.8. The predicted molar refractivity (Wildman–Crippen MR) is 388 cm³/mol. The van der Waals surface area contributed by atoms with E-state index < -0.39 is 16.6 Å². The van der Waals surface area contributed by atoms with Gasteiger partial charge in [-0.05, 0) is 129 Å². The molecule has 99 heavy (non-hydrogen) atoms. The Labute approximate surface area is 705 Å². The van der Waals surface area contributed by atoms with Gasteiger partial charge in [0.25, 0.3) is 6.47 Å². The second-order valence-electron chi connectivity index (χ2n) is 26.9. The number of ether oxygens (including phenoxy) is 2. The first-order chi connectivity index (χ1) is 46.4. The molecule has 3 aromatic carbocycles. The summed E-state index contributed by atoms with van der Waals surface area (Å²) in [6, 6.07) is 24.3. The van der Waals surface area contributed by atoms with Crippen LogP contribution < -0.4 is 160 Å². The number of nitrogens with one attached hydrogen (secondary N) is 2. The number of alkyl halides is 1. The minimum atomic E-state index is -1.80. The first-order valence-electron chi connectivity index (χ1n) is 32.6. The van der Waals surface area contributed by atoms with Crippen molar-refractivity contribution in [3.05, 3.63) is 110 Å². The van der Waals surface area contributed by atoms with Gasteiger partial charge in [0.05, 0.1) is 87.8 Å². The van der Waals surface area contributed by atoms with Crippen molar-refractivity contribution in [3.63, 3.8) is 0 Å². The monoisotopic (exact) mass is 1690 g/mol. The van der Waals surface area contributed by atoms with Crippen molar-refractivity contribution in [2.24, 2.45) is 0 Å². The summed E-state index contributed by atoms with van der Waals surface area (Å²) in [5, 5.41) is 56.8. The molecule has 9 aromatic heterocycles. The molecule has 0 bridgehead atoms. The maximum absolute atomic E-state index is 9.05. The predicted octanol–water partition coefficient (Wildman–Crippen LogP) is 6.51. The third kappa shape index (κ3) is 19.3. The Hall–Kier alpha value is -4.42. The van der Waals surface area contributed by atoms with E-state index >= 15 is 0 Å². The Morgan fingerprint density at radius 1 is 0.626 bits per heavy atom. The number of nitrogens with two attached hydrogens (primary N) is 3. The summed E-state index contributed by atoms with van der Waals surface area (Å²) in [5.74, 6) is 1.41. The van der Waals surface area contributed by atoms with Crippen molar-refractivity contribution >= 4 is 122 Å². The smallest absolute Gasteiger partial charge is 1.00 e. The molecule has 2 saturated heterocycles. The molecule has 26 nitrogen and oxygen atoms in total. The summed E-state index contributed by atoms with van der Waals surface area (Å²) >= 11 is 3.37. The van der Waals surface area contributed by atoms with Crippen molar-refractivity contribution in [3.8, 4) is 33.8 Å². The molecule has 2 aliphatic rings. The first kappa shape index (κ1) is 80.3. The number of pyridine rings is 3. The number of carbonyl (C=O) groups excluding carboxylic acids is 1. The standard InChI is InChI=1S/C26H36N6O2Si.C18H18N6O.C15H14N6O.C8H19BrOSi.CH2O3.2Cs.H/c1-26(2,3)35(4,5)34-15-13-31-17-20-24(30-31)19-10-9-18(16-21(19)29-25(20)27)22-11-12-28-32(22)23-8-6-7-14-33-23;19-18-13-10-20-23-17(13)12-5-4-11(9-14(12)22-18)15-6-7-21-24(15)16-3-1-2-8-25-16;16-15-11-8-21(5-6-22)20-14(11)10-2-1-9(7-13(10)18-15)12-3-4-17-19-12;1-8(2,3)11(4,5)10-7-6-9;2-1-4-3;;;/h9-12,16-17,23H,6-8,13-15H2,1-5H3,(H2,27,29);4-7,9-10,16H,1-3,8H2,(H2,19,22)(H,20,23);1-4,7-8,22H,5-6H2,(H2,16,18)(H,17,19);6-7H2,1-5H3;1,3H;;;/q;;;;;2*+1;-1/p-1. The second-order valence-corrected chi connectivity index (χ2v) is 37.3. The Morgan fingerprint density at radius 2 is 1.09 bits per heavy atom. The van der Waals surface area contributed by atoms with Crippen LogP contribution in [-0.4, -0.2) is 141 Å². The number of aliphatic hydroxyl groups excluding tert-OH is 1. The van der Waals surface area contributed by atoms with Gasteiger partial charge in [0.15, 0.2) is 29.1 Å². The van der Waals surface area contributed by atoms with E-state index in [4.69, 9.17) is 60.8 Å². The molecule has 9 N–H and O–H groups in total. The molecule has 0 aliphatic carbocycles. The fourth-order valence-corrected chi connectivity index (χ4v) is 13.6. The number of nitrogens with zero attached hydrogens (tertiary/aromatic N) is 13. The fraction of sp³-hybridized carbons (Fsp3) is 0.412. The summed E-state index contributed by atoms with van der Waals surface area (Å²) < 4.78 is 31.6. The van der Waals surface area contributed by atoms with Gasteiger partial charge in [-0.15, -0.1) is 0 Å². The zero-order valence-corrected chi connectivity index (χ0v) is 74.9. The first-order valence-corrected chi connectivity index (χ1v) is 39.5. The number of hydrogen-bond acceptors (Lipinski definition) is 20. The summed E-state index contributed by atoms with van der Waals surface area (Å²) in [6.45, 7) is 26.6. The maximum Gasteiger partial charge on any atom is 1.00 e. The van der Waals surface area contributed by atoms with Crippen LogP contribution in [0.4, 0.5) is 17.5 Å². The van der Waals surface area contributed by atoms with Gasteiger partial charge in [-0.25, -0.2) is 24.3 Å². The molecule has 0 saturated carbocycles. The molecule has 31 heteroatoms. The normalized spacial score (nSPS) is 15.0. The fourth-order valence-electron chi connectivity index (χ4n) is 11.1. The number of rotatable bonds is 15. The molecule has 11 heterocycles. The molecular formula is C68H89BrCs2N18O8Si2. The topological polar surface area (TPSA) is 352 Å². The zero-order chi connectivity index (χ0) is 69.2. The number of anilines is 3. The number of aliphatic hydroxyl groups is 1. The van der Waals surface area contributed by atoms with Gasteiger partial charge in [0.1, 0.15) is 28.5 Å². The largest absolute Gasteiger partial charge is 1.00 e. The van der Waals surface area contributed by atoms with E-state index in [1.807, 2.05) is 81.3 Å². The van der Waals surface area contributed by atoms with Crippen LogP contribution >= 0.6 is 15.9 Å². The SMILES string of the molecule is CC(C)(C)[Si](C)(C)OCCBr.CC(C)(C)[Si](C)(C)OCCn1cc2c(N)nc3cc(-c4ccnn4C4CCCCO4)ccc3c2n1.Nc1nc2cc(-c3ccn[nH]3)ccc2c2nn(CCO)cc12.Nc1nc2cc(-c3ccnn3C3CCCCO3)ccc2c2[nH]ncc12.O=CO[O-].[Cs+].[Cs+].[H-]. The molecule has 2 unspecified atom stereocenters. The summed E-state index contributed by atoms with van der Waals surface area (Å²) in [5.41, 5.74) is 29.6. The molecule has 516 valence electrons. The van der Waals surface area contributed by atoms with Gasteiger partial charge in [-0.2, -0.15) is 30.6 Å². The van der Waals surface area contributed by atoms with Crippen molar-refractivity contribution in [1.82, 2.24) is 74.5 Å². The number of aromatic amines is 2. The van der Waals surface area contributed by atoms with E-state index in [1.54, 1.807) is 17.1 Å². The molecule has 0 spiro atoms. The van der Waals surface area contributed by atoms with Gasteiger partial charge in [-0.3, -0.25) is 24.4 Å². The zero-order valence-electron chi connectivity index (χ0n) is 59.8. The number of fused-ring (bicyclic) bond motifs is 9. The Morgan fingerprint density at radius 3 is 1.55 bits per heavy atom. The quantitative estimate of drug-likeness (QED) is 0.0209. The Balaban J connectivity index is 0.000000192. The van der Waals surface area contributed by atoms with Crippen LogP contribution in [0, 0.1) is 0 Å². The molecule has 0 radical (unpaired) electrons. The average molecular weight is 1690 g/mol. The van der Waals surface area contributed by atoms with Gasteiger partial charge in [0, 0.05) is 89.0 Å². The Kier molecular flexibility index (Phi) is 29.1. The van der Waals surface area contributed by atoms with E-state index in [9.17, 15) is 0 Å². The molecule has 2 fully saturated rings. The van der Waals surface area contributed by atoms with Crippen LogP contribution in [0.2, 0.25) is 36.3 Å². The Bertz CT molecular complexity index is 4620. The second kappa shape index (κ2) is 35.8. The van der Waals surface area contributed by atoms with Crippen LogP contribution in [-0.2, 0) is 41.1 Å². The van der Waals surface area contributed by atoms with E-state index in [1.165, 1.54) is 0 Å². The number of carbonyl (C=O) groups is 1. The van der Waals surface area contributed by atoms with E-state index in [-0.39, 0.29) is 170 Å². The van der Waals surface area contributed by atoms with Gasteiger partial charge in [0.2, 0.25) is 0 Å². The van der Waals surface area contributed by atoms with E-state index in [0.29, 0.717) is 42.2 Å². The van der Waals surface area contributed by atoms with Gasteiger partial charge >= 0.3 is 138 Å². The minimum absolute atomic E-state index is 0. The summed E-state index contributed by atoms with van der Waals surface area (Å²) in [6.07, 6.45) is 17.4. The molecule has 2 aliphatic heterocycles. The third-order valence-electron chi connectivity index (χ3n) is 18.4. The number of nitrogen functional groups attached to an aromatic ring is 3. The minimum Gasteiger partial charge on any atom is -1.00 e. The molecule has 0 amide bonds. The number of halogens is 1. The average Bonchev–Trinajstić information content (AvgIpc) is 1.53. The van der Waals surface area contributed by atoms with Crippen molar-refractivity contribution in [2.45, 2.75) is 142 Å². The maximum atomic E-state index is 9.05. The number of benzene rings is 3. The number of aromatic nitrogens is 15. The van der Waals surface area contributed by atoms with Crippen molar-refractivity contribution < 1.29 is 178 Å². The van der Waals surface area contributed by atoms with E-state index in [0.717, 1.165) is 163 Å². The summed E-state index contributed by atoms with van der Waals surface area (Å²) in [4.78, 5) is 25.0. The van der Waals surface area contributed by atoms with Gasteiger partial charge in [-0.1, -0.05) is 75.7 Å². The van der Waals surface area contributed by atoms with E-state index in [2.05, 4.69) is 165 Å². The van der Waals surface area contributed by atoms with Crippen molar-refractivity contribution in [1.29, 1.82) is 0 Å². The number of H-pyrrole nitrogens is 2. The molecule has 12 aromatic rings. The molecular weight excluding hydrogens is 1600 g/mol. The molecule has 14 rings (SSSR count). The van der Waals surface area contributed by atoms with Crippen LogP contribution in [0.5, 0.6) is 0 Å². The van der Waals surface area contributed by atoms with Gasteiger partial charge < -0.3 is 52.2 Å². The van der Waals surface area contributed by atoms with Crippen molar-refractivity contribution in [2.75, 3.05) is 55.6 Å². The summed E-state index contributed by atoms with van der Waals surface area (Å²) in [7, 11) is -3.25. The van der Waals surface area contributed by atoms with Crippen LogP contribution in [0.1, 0.15) is 93.9 Å².